The fourth-order valence-electron chi connectivity index (χ4n) is 3.62. The molecule has 1 saturated heterocycles. The minimum Gasteiger partial charge on any atom is -0.493 e. The standard InChI is InChI=1S/C19H25N3O3/c23-21-11-16-18(24-12-14-1-2-14)6-4-15-17(22-25-19(15)16)5-3-13-7-9-20-10-8-13/h4,6,13-14,20H,1-3,5,7-12H2. The van der Waals surface area contributed by atoms with Crippen molar-refractivity contribution >= 4 is 11.0 Å². The Morgan fingerprint density at radius 1 is 1.20 bits per heavy atom. The van der Waals surface area contributed by atoms with E-state index in [1.807, 2.05) is 12.1 Å². The van der Waals surface area contributed by atoms with E-state index in [2.05, 4.69) is 15.7 Å². The Morgan fingerprint density at radius 3 is 2.80 bits per heavy atom. The molecule has 1 N–H and O–H groups in total. The molecule has 4 rings (SSSR count). The van der Waals surface area contributed by atoms with E-state index in [0.29, 0.717) is 23.9 Å². The molecule has 2 fully saturated rings. The van der Waals surface area contributed by atoms with Crippen molar-refractivity contribution in [3.8, 4) is 5.75 Å². The van der Waals surface area contributed by atoms with Crippen molar-refractivity contribution in [2.24, 2.45) is 17.0 Å². The zero-order chi connectivity index (χ0) is 17.1. The van der Waals surface area contributed by atoms with Crippen molar-refractivity contribution in [1.29, 1.82) is 0 Å². The van der Waals surface area contributed by atoms with Crippen LogP contribution in [-0.2, 0) is 13.0 Å². The van der Waals surface area contributed by atoms with E-state index in [0.717, 1.165) is 48.5 Å². The summed E-state index contributed by atoms with van der Waals surface area (Å²) in [6.45, 7) is 2.98. The number of aromatic nitrogens is 1. The first-order valence-corrected chi connectivity index (χ1v) is 9.38. The van der Waals surface area contributed by atoms with Crippen molar-refractivity contribution in [3.05, 3.63) is 28.3 Å². The summed E-state index contributed by atoms with van der Waals surface area (Å²) in [6.07, 6.45) is 6.96. The Hall–Kier alpha value is -1.95. The van der Waals surface area contributed by atoms with Crippen LogP contribution in [0.25, 0.3) is 11.0 Å². The molecular weight excluding hydrogens is 318 g/mol. The maximum absolute atomic E-state index is 10.9. The van der Waals surface area contributed by atoms with Gasteiger partial charge in [-0.25, -0.2) is 0 Å². The van der Waals surface area contributed by atoms with Gasteiger partial charge < -0.3 is 14.6 Å². The predicted octanol–water partition coefficient (Wildman–Crippen LogP) is 3.82. The zero-order valence-corrected chi connectivity index (χ0v) is 14.5. The lowest BCUT2D eigenvalue weighted by molar-refractivity contribution is 0.296. The number of benzene rings is 1. The number of ether oxygens (including phenoxy) is 1. The maximum Gasteiger partial charge on any atom is 0.176 e. The summed E-state index contributed by atoms with van der Waals surface area (Å²) in [6, 6.07) is 3.95. The highest BCUT2D eigenvalue weighted by Crippen LogP contribution is 2.34. The summed E-state index contributed by atoms with van der Waals surface area (Å²) < 4.78 is 11.5. The van der Waals surface area contributed by atoms with Gasteiger partial charge in [-0.1, -0.05) is 10.3 Å². The number of hydrogen-bond acceptors (Lipinski definition) is 6. The Morgan fingerprint density at radius 2 is 2.04 bits per heavy atom. The number of piperidine rings is 1. The van der Waals surface area contributed by atoms with Crippen molar-refractivity contribution in [3.63, 3.8) is 0 Å². The molecule has 1 aromatic carbocycles. The van der Waals surface area contributed by atoms with Crippen LogP contribution in [0.5, 0.6) is 5.75 Å². The van der Waals surface area contributed by atoms with Crippen LogP contribution in [0.1, 0.15) is 43.4 Å². The number of nitrogens with one attached hydrogen (secondary N) is 1. The molecule has 2 aliphatic rings. The van der Waals surface area contributed by atoms with Gasteiger partial charge in [0, 0.05) is 5.39 Å². The fourth-order valence-corrected chi connectivity index (χ4v) is 3.62. The molecule has 0 atom stereocenters. The Kier molecular flexibility index (Phi) is 4.97. The molecule has 0 radical (unpaired) electrons. The molecule has 2 aromatic rings. The molecule has 0 spiro atoms. The molecule has 6 heteroatoms. The van der Waals surface area contributed by atoms with Gasteiger partial charge >= 0.3 is 0 Å². The van der Waals surface area contributed by atoms with Crippen molar-refractivity contribution in [1.82, 2.24) is 10.5 Å². The van der Waals surface area contributed by atoms with E-state index >= 15 is 0 Å². The first-order chi connectivity index (χ1) is 12.3. The van der Waals surface area contributed by atoms with Crippen LogP contribution < -0.4 is 10.1 Å². The SMILES string of the molecule is O=NCc1c(OCC2CC2)ccc2c(CCC3CCNCC3)noc12. The van der Waals surface area contributed by atoms with Gasteiger partial charge in [-0.15, -0.1) is 0 Å². The van der Waals surface area contributed by atoms with Crippen LogP contribution in [0.3, 0.4) is 0 Å². The van der Waals surface area contributed by atoms with E-state index in [1.165, 1.54) is 25.7 Å². The third-order valence-electron chi connectivity index (χ3n) is 5.42. The van der Waals surface area contributed by atoms with Crippen LogP contribution in [0.2, 0.25) is 0 Å². The number of rotatable bonds is 8. The van der Waals surface area contributed by atoms with Crippen molar-refractivity contribution in [2.75, 3.05) is 19.7 Å². The van der Waals surface area contributed by atoms with Gasteiger partial charge in [-0.3, -0.25) is 0 Å². The number of nitrogens with zero attached hydrogens (tertiary/aromatic N) is 2. The molecule has 1 aliphatic carbocycles. The predicted molar refractivity (Wildman–Crippen MR) is 95.6 cm³/mol. The molecule has 6 nitrogen and oxygen atoms in total. The van der Waals surface area contributed by atoms with E-state index in [9.17, 15) is 4.91 Å². The van der Waals surface area contributed by atoms with Crippen LogP contribution in [-0.4, -0.2) is 24.9 Å². The minimum atomic E-state index is 0.0558. The summed E-state index contributed by atoms with van der Waals surface area (Å²) in [5, 5.41) is 11.7. The largest absolute Gasteiger partial charge is 0.493 e. The van der Waals surface area contributed by atoms with Gasteiger partial charge in [-0.05, 0) is 75.6 Å². The van der Waals surface area contributed by atoms with Gasteiger partial charge in [0.05, 0.1) is 17.9 Å². The smallest absolute Gasteiger partial charge is 0.176 e. The highest BCUT2D eigenvalue weighted by Gasteiger charge is 2.24. The summed E-state index contributed by atoms with van der Waals surface area (Å²) >= 11 is 0. The van der Waals surface area contributed by atoms with E-state index in [-0.39, 0.29) is 6.54 Å². The number of aryl methyl sites for hydroxylation is 1. The van der Waals surface area contributed by atoms with Gasteiger partial charge in [0.25, 0.3) is 0 Å². The minimum absolute atomic E-state index is 0.0558. The van der Waals surface area contributed by atoms with Crippen molar-refractivity contribution in [2.45, 2.75) is 45.1 Å². The molecule has 1 saturated carbocycles. The topological polar surface area (TPSA) is 76.7 Å². The number of fused-ring (bicyclic) bond motifs is 1. The lowest BCUT2D eigenvalue weighted by Gasteiger charge is -2.21. The molecule has 1 aromatic heterocycles. The third-order valence-corrected chi connectivity index (χ3v) is 5.42. The van der Waals surface area contributed by atoms with Crippen LogP contribution in [0.15, 0.2) is 21.8 Å². The van der Waals surface area contributed by atoms with E-state index in [1.54, 1.807) is 0 Å². The molecule has 134 valence electrons. The highest BCUT2D eigenvalue weighted by molar-refractivity contribution is 5.84. The third kappa shape index (κ3) is 3.84. The average Bonchev–Trinajstić information content (AvgIpc) is 3.39. The molecule has 25 heavy (non-hydrogen) atoms. The molecule has 1 aliphatic heterocycles. The van der Waals surface area contributed by atoms with Gasteiger partial charge in [-0.2, -0.15) is 4.91 Å². The normalized spacial score (nSPS) is 18.6. The molecule has 0 bridgehead atoms. The first-order valence-electron chi connectivity index (χ1n) is 9.38. The second-order valence-electron chi connectivity index (χ2n) is 7.32. The molecular formula is C19H25N3O3. The zero-order valence-electron chi connectivity index (χ0n) is 14.5. The Bertz CT molecular complexity index is 733. The molecule has 2 heterocycles. The average molecular weight is 343 g/mol. The fraction of sp³-hybridized carbons (Fsp3) is 0.632. The maximum atomic E-state index is 10.9. The van der Waals surface area contributed by atoms with Gasteiger partial charge in [0.1, 0.15) is 12.3 Å². The highest BCUT2D eigenvalue weighted by atomic mass is 16.5. The van der Waals surface area contributed by atoms with E-state index in [4.69, 9.17) is 9.26 Å². The quantitative estimate of drug-likeness (QED) is 0.737. The van der Waals surface area contributed by atoms with Crippen LogP contribution in [0.4, 0.5) is 0 Å². The Labute approximate surface area is 147 Å². The monoisotopic (exact) mass is 343 g/mol. The summed E-state index contributed by atoms with van der Waals surface area (Å²) in [7, 11) is 0. The second-order valence-corrected chi connectivity index (χ2v) is 7.32. The van der Waals surface area contributed by atoms with Crippen molar-refractivity contribution < 1.29 is 9.26 Å². The van der Waals surface area contributed by atoms with E-state index < -0.39 is 0 Å². The summed E-state index contributed by atoms with van der Waals surface area (Å²) in [5.74, 6) is 2.12. The number of nitroso groups, excluding NO2 is 1. The second kappa shape index (κ2) is 7.52. The van der Waals surface area contributed by atoms with Crippen LogP contribution >= 0.6 is 0 Å². The summed E-state index contributed by atoms with van der Waals surface area (Å²) in [4.78, 5) is 10.9. The lowest BCUT2D eigenvalue weighted by Crippen LogP contribution is -2.27. The van der Waals surface area contributed by atoms with Gasteiger partial charge in [0.2, 0.25) is 0 Å². The Balaban J connectivity index is 1.52. The molecule has 0 unspecified atom stereocenters. The first kappa shape index (κ1) is 16.5. The lowest BCUT2D eigenvalue weighted by atomic mass is 9.92. The summed E-state index contributed by atoms with van der Waals surface area (Å²) in [5.41, 5.74) is 2.37. The number of hydrogen-bond donors (Lipinski definition) is 1. The molecule has 0 amide bonds. The van der Waals surface area contributed by atoms with Crippen LogP contribution in [0, 0.1) is 16.7 Å². The van der Waals surface area contributed by atoms with Gasteiger partial charge in [0.15, 0.2) is 5.58 Å².